The number of benzene rings is 1. The number of rotatable bonds is 4. The maximum Gasteiger partial charge on any atom is 0.236 e. The largest absolute Gasteiger partial charge is 0.408 e. The van der Waals surface area contributed by atoms with Gasteiger partial charge in [-0.15, -0.1) is 0 Å². The van der Waals surface area contributed by atoms with Gasteiger partial charge in [0.05, 0.1) is 11.3 Å². The van der Waals surface area contributed by atoms with E-state index in [9.17, 15) is 0 Å². The minimum Gasteiger partial charge on any atom is -0.408 e. The Bertz CT molecular complexity index is 890. The number of para-hydroxylation sites is 1. The number of pyridine rings is 1. The molecule has 0 atom stereocenters. The van der Waals surface area contributed by atoms with E-state index in [4.69, 9.17) is 4.43 Å². The van der Waals surface area contributed by atoms with Gasteiger partial charge in [0.1, 0.15) is 0 Å². The summed E-state index contributed by atoms with van der Waals surface area (Å²) in [7, 11) is 2.54. The second-order valence-electron chi connectivity index (χ2n) is 8.03. The molecule has 0 aliphatic heterocycles. The molecule has 1 aromatic carbocycles. The number of fused-ring (bicyclic) bond motifs is 1. The van der Waals surface area contributed by atoms with E-state index < -0.39 is 0 Å². The van der Waals surface area contributed by atoms with Crippen molar-refractivity contribution in [2.75, 3.05) is 0 Å². The highest BCUT2D eigenvalue weighted by Crippen LogP contribution is 2.37. The summed E-state index contributed by atoms with van der Waals surface area (Å²) in [6, 6.07) is 12.8. The van der Waals surface area contributed by atoms with Gasteiger partial charge in [0.15, 0.2) is 0 Å². The van der Waals surface area contributed by atoms with Gasteiger partial charge in [-0.05, 0) is 42.6 Å². The van der Waals surface area contributed by atoms with Gasteiger partial charge in [0, 0.05) is 35.9 Å². The molecule has 3 rings (SSSR count). The van der Waals surface area contributed by atoms with Crippen molar-refractivity contribution in [3.63, 3.8) is 0 Å². The average Bonchev–Trinajstić information content (AvgIpc) is 2.90. The van der Waals surface area contributed by atoms with E-state index in [2.05, 4.69) is 87.6 Å². The predicted molar refractivity (Wildman–Crippen MR) is 106 cm³/mol. The van der Waals surface area contributed by atoms with Crippen molar-refractivity contribution in [2.45, 2.75) is 45.3 Å². The molecule has 0 aliphatic carbocycles. The lowest BCUT2D eigenvalue weighted by Crippen LogP contribution is -2.28. The van der Waals surface area contributed by atoms with E-state index in [1.54, 1.807) is 0 Å². The molecule has 2 aromatic heterocycles. The summed E-state index contributed by atoms with van der Waals surface area (Å²) in [5, 5.41) is 1.40. The molecule has 0 saturated heterocycles. The SMILES string of the molecule is Cn1c(-c2cnccc2C(C)(C)O[Si]C(C)(C)C)cc2ccccc21. The molecule has 2 heterocycles. The normalized spacial score (nSPS) is 12.7. The van der Waals surface area contributed by atoms with Crippen LogP contribution in [0.1, 0.15) is 40.2 Å². The molecule has 4 heteroatoms. The van der Waals surface area contributed by atoms with Crippen LogP contribution in [0.2, 0.25) is 5.04 Å². The Kier molecular flexibility index (Phi) is 4.60. The molecule has 0 unspecified atom stereocenters. The van der Waals surface area contributed by atoms with Crippen LogP contribution < -0.4 is 0 Å². The van der Waals surface area contributed by atoms with Gasteiger partial charge in [0.2, 0.25) is 9.76 Å². The van der Waals surface area contributed by atoms with Gasteiger partial charge < -0.3 is 8.99 Å². The first-order valence-electron chi connectivity index (χ1n) is 8.63. The first kappa shape index (κ1) is 17.9. The lowest BCUT2D eigenvalue weighted by molar-refractivity contribution is 0.110. The van der Waals surface area contributed by atoms with Gasteiger partial charge in [-0.3, -0.25) is 4.98 Å². The predicted octanol–water partition coefficient (Wildman–Crippen LogP) is 5.33. The van der Waals surface area contributed by atoms with Crippen molar-refractivity contribution in [1.82, 2.24) is 9.55 Å². The highest BCUT2D eigenvalue weighted by Gasteiger charge is 2.28. The summed E-state index contributed by atoms with van der Waals surface area (Å²) in [4.78, 5) is 4.39. The Balaban J connectivity index is 2.07. The van der Waals surface area contributed by atoms with Crippen LogP contribution in [0.15, 0.2) is 48.8 Å². The van der Waals surface area contributed by atoms with Gasteiger partial charge >= 0.3 is 0 Å². The van der Waals surface area contributed by atoms with E-state index in [-0.39, 0.29) is 10.6 Å². The zero-order valence-corrected chi connectivity index (χ0v) is 16.9. The second kappa shape index (κ2) is 6.43. The molecule has 0 aliphatic rings. The molecule has 0 amide bonds. The molecule has 3 nitrogen and oxygen atoms in total. The molecule has 130 valence electrons. The van der Waals surface area contributed by atoms with Crippen LogP contribution in [-0.4, -0.2) is 19.3 Å². The van der Waals surface area contributed by atoms with Gasteiger partial charge in [-0.1, -0.05) is 39.0 Å². The Morgan fingerprint density at radius 3 is 2.44 bits per heavy atom. The number of aromatic nitrogens is 2. The van der Waals surface area contributed by atoms with Crippen molar-refractivity contribution in [3.8, 4) is 11.3 Å². The van der Waals surface area contributed by atoms with Gasteiger partial charge in [-0.25, -0.2) is 0 Å². The summed E-state index contributed by atoms with van der Waals surface area (Å²) in [6.07, 6.45) is 3.81. The summed E-state index contributed by atoms with van der Waals surface area (Å²) in [6.45, 7) is 10.9. The fourth-order valence-corrected chi connectivity index (χ4v) is 3.68. The maximum absolute atomic E-state index is 6.35. The van der Waals surface area contributed by atoms with Crippen LogP contribution in [0.5, 0.6) is 0 Å². The van der Waals surface area contributed by atoms with E-state index in [1.165, 1.54) is 22.2 Å². The summed E-state index contributed by atoms with van der Waals surface area (Å²) < 4.78 is 8.58. The minimum absolute atomic E-state index is 0.157. The number of hydrogen-bond donors (Lipinski definition) is 0. The zero-order valence-electron chi connectivity index (χ0n) is 15.9. The quantitative estimate of drug-likeness (QED) is 0.595. The van der Waals surface area contributed by atoms with Crippen LogP contribution in [0, 0.1) is 0 Å². The lowest BCUT2D eigenvalue weighted by Gasteiger charge is -2.31. The van der Waals surface area contributed by atoms with Gasteiger partial charge in [0.25, 0.3) is 0 Å². The fourth-order valence-electron chi connectivity index (χ4n) is 3.01. The molecule has 25 heavy (non-hydrogen) atoms. The number of hydrogen-bond acceptors (Lipinski definition) is 2. The maximum atomic E-state index is 6.35. The highest BCUT2D eigenvalue weighted by atomic mass is 28.2. The van der Waals surface area contributed by atoms with E-state index in [0.29, 0.717) is 9.76 Å². The lowest BCUT2D eigenvalue weighted by atomic mass is 9.93. The second-order valence-corrected chi connectivity index (χ2v) is 9.94. The molecule has 0 bridgehead atoms. The molecule has 0 saturated carbocycles. The minimum atomic E-state index is -0.375. The molecular weight excluding hydrogens is 324 g/mol. The molecule has 0 spiro atoms. The molecule has 0 fully saturated rings. The Labute approximate surface area is 153 Å². The third-order valence-electron chi connectivity index (χ3n) is 4.31. The molecular formula is C21H26N2OSi. The summed E-state index contributed by atoms with van der Waals surface area (Å²) in [5.74, 6) is 0. The number of aryl methyl sites for hydroxylation is 1. The van der Waals surface area contributed by atoms with Crippen LogP contribution >= 0.6 is 0 Å². The molecule has 3 aromatic rings. The monoisotopic (exact) mass is 350 g/mol. The topological polar surface area (TPSA) is 27.1 Å². The smallest absolute Gasteiger partial charge is 0.236 e. The number of nitrogens with zero attached hydrogens (tertiary/aromatic N) is 2. The first-order valence-corrected chi connectivity index (χ1v) is 9.54. The van der Waals surface area contributed by atoms with Crippen molar-refractivity contribution < 1.29 is 4.43 Å². The van der Waals surface area contributed by atoms with Crippen molar-refractivity contribution in [2.24, 2.45) is 7.05 Å². The summed E-state index contributed by atoms with van der Waals surface area (Å²) >= 11 is 0. The van der Waals surface area contributed by atoms with Crippen molar-refractivity contribution in [3.05, 3.63) is 54.4 Å². The Morgan fingerprint density at radius 1 is 1.04 bits per heavy atom. The van der Waals surface area contributed by atoms with E-state index in [1.807, 2.05) is 12.4 Å². The molecule has 2 radical (unpaired) electrons. The van der Waals surface area contributed by atoms with Crippen molar-refractivity contribution >= 4 is 20.7 Å². The summed E-state index contributed by atoms with van der Waals surface area (Å²) in [5.41, 5.74) is 4.32. The third-order valence-corrected chi connectivity index (χ3v) is 5.53. The van der Waals surface area contributed by atoms with E-state index in [0.717, 1.165) is 5.56 Å². The average molecular weight is 351 g/mol. The molecule has 0 N–H and O–H groups in total. The third kappa shape index (κ3) is 3.70. The van der Waals surface area contributed by atoms with Crippen molar-refractivity contribution in [1.29, 1.82) is 0 Å². The highest BCUT2D eigenvalue weighted by molar-refractivity contribution is 6.31. The van der Waals surface area contributed by atoms with E-state index >= 15 is 0 Å². The van der Waals surface area contributed by atoms with Crippen LogP contribution in [0.4, 0.5) is 0 Å². The fraction of sp³-hybridized carbons (Fsp3) is 0.381. The Morgan fingerprint density at radius 2 is 1.76 bits per heavy atom. The van der Waals surface area contributed by atoms with Crippen LogP contribution in [0.25, 0.3) is 22.2 Å². The van der Waals surface area contributed by atoms with Crippen LogP contribution in [0.3, 0.4) is 0 Å². The Hall–Kier alpha value is -1.91. The van der Waals surface area contributed by atoms with Gasteiger partial charge in [-0.2, -0.15) is 0 Å². The van der Waals surface area contributed by atoms with Crippen LogP contribution in [-0.2, 0) is 17.1 Å². The zero-order chi connectivity index (χ0) is 18.2. The standard InChI is InChI=1S/C21H26N2OSi/c1-20(2,3)25-24-21(4,5)17-11-12-22-14-16(17)19-13-15-9-7-8-10-18(15)23(19)6/h7-14H,1-6H3. The first-order chi connectivity index (χ1) is 11.7.